The van der Waals surface area contributed by atoms with Gasteiger partial charge in [0.05, 0.1) is 55.3 Å². The SMILES string of the molecule is COCC1(COC)CCN(C2CC(O[C@H]3C[C@](O)(C(C)=O)Cc4c(O)c5c(c(O)c43)C(=O)c3c(OC)cccc3C5=O)OC(C)C2O)CC1. The first-order chi connectivity index (χ1) is 23.3. The largest absolute Gasteiger partial charge is 0.507 e. The zero-order valence-corrected chi connectivity index (χ0v) is 28.5. The topological polar surface area (TPSA) is 182 Å². The number of carbonyl (C=O) groups excluding carboxylic acids is 3. The van der Waals surface area contributed by atoms with Crippen molar-refractivity contribution in [3.8, 4) is 17.2 Å². The average molecular weight is 684 g/mol. The second-order valence-corrected chi connectivity index (χ2v) is 13.9. The Kier molecular flexibility index (Phi) is 9.65. The highest BCUT2D eigenvalue weighted by Crippen LogP contribution is 2.52. The standard InChI is InChI=1S/C36H45NO12/c1-18-30(39)22(37-11-9-35(10-12-37,16-45-3)17-46-4)13-25(48-18)49-24-15-36(44,19(2)38)14-21-27(24)34(43)29-28(32(21)41)31(40)20-7-6-8-23(47-5)26(20)33(29)42/h6-8,18,22,24-25,30,39,41,43-44H,9-17H2,1-5H3/t18?,22?,24-,25?,30?,36-/m0/s1. The molecule has 6 atom stereocenters. The monoisotopic (exact) mass is 683 g/mol. The molecule has 6 rings (SSSR count). The Labute approximate surface area is 284 Å². The second-order valence-electron chi connectivity index (χ2n) is 13.9. The number of carbonyl (C=O) groups is 3. The van der Waals surface area contributed by atoms with Gasteiger partial charge < -0.3 is 44.1 Å². The van der Waals surface area contributed by atoms with E-state index in [2.05, 4.69) is 4.90 Å². The van der Waals surface area contributed by atoms with Crippen LogP contribution >= 0.6 is 0 Å². The third-order valence-electron chi connectivity index (χ3n) is 11.0. The van der Waals surface area contributed by atoms with Crippen LogP contribution in [0.2, 0.25) is 0 Å². The molecule has 2 aromatic carbocycles. The number of piperidine rings is 1. The molecule has 266 valence electrons. The summed E-state index contributed by atoms with van der Waals surface area (Å²) in [7, 11) is 4.70. The number of likely N-dealkylation sites (tertiary alicyclic amines) is 1. The second kappa shape index (κ2) is 13.4. The van der Waals surface area contributed by atoms with Crippen molar-refractivity contribution in [3.63, 3.8) is 0 Å². The molecule has 49 heavy (non-hydrogen) atoms. The average Bonchev–Trinajstić information content (AvgIpc) is 3.07. The highest BCUT2D eigenvalue weighted by molar-refractivity contribution is 6.31. The number of rotatable bonds is 9. The number of hydrogen-bond acceptors (Lipinski definition) is 13. The molecular weight excluding hydrogens is 638 g/mol. The van der Waals surface area contributed by atoms with Crippen molar-refractivity contribution < 1.29 is 58.5 Å². The summed E-state index contributed by atoms with van der Waals surface area (Å²) in [5.74, 6) is -3.11. The lowest BCUT2D eigenvalue weighted by atomic mass is 9.72. The molecule has 0 radical (unpaired) electrons. The fraction of sp³-hybridized carbons (Fsp3) is 0.583. The van der Waals surface area contributed by atoms with Gasteiger partial charge in [-0.1, -0.05) is 12.1 Å². The molecule has 2 heterocycles. The summed E-state index contributed by atoms with van der Waals surface area (Å²) in [4.78, 5) is 42.7. The van der Waals surface area contributed by atoms with Gasteiger partial charge in [-0.05, 0) is 45.8 Å². The molecule has 13 nitrogen and oxygen atoms in total. The lowest BCUT2D eigenvalue weighted by molar-refractivity contribution is -0.260. The van der Waals surface area contributed by atoms with E-state index in [9.17, 15) is 34.8 Å². The number of benzene rings is 2. The molecule has 2 aliphatic carbocycles. The van der Waals surface area contributed by atoms with Crippen LogP contribution in [0.15, 0.2) is 18.2 Å². The number of methoxy groups -OCH3 is 3. The fourth-order valence-corrected chi connectivity index (χ4v) is 8.24. The molecule has 2 fully saturated rings. The molecule has 2 saturated heterocycles. The first kappa shape index (κ1) is 35.4. The van der Waals surface area contributed by atoms with E-state index in [0.29, 0.717) is 26.3 Å². The van der Waals surface area contributed by atoms with Crippen molar-refractivity contribution in [2.75, 3.05) is 47.6 Å². The maximum absolute atomic E-state index is 13.9. The summed E-state index contributed by atoms with van der Waals surface area (Å²) in [6, 6.07) is 4.13. The molecule has 0 amide bonds. The van der Waals surface area contributed by atoms with Crippen LogP contribution in [0.5, 0.6) is 17.2 Å². The summed E-state index contributed by atoms with van der Waals surface area (Å²) in [6.07, 6.45) is -2.62. The normalized spacial score (nSPS) is 29.6. The highest BCUT2D eigenvalue weighted by atomic mass is 16.7. The zero-order valence-electron chi connectivity index (χ0n) is 28.5. The molecule has 2 aromatic rings. The highest BCUT2D eigenvalue weighted by Gasteiger charge is 2.50. The van der Waals surface area contributed by atoms with Gasteiger partial charge in [0.25, 0.3) is 0 Å². The van der Waals surface area contributed by atoms with Gasteiger partial charge in [-0.3, -0.25) is 19.3 Å². The Bertz CT molecular complexity index is 1640. The van der Waals surface area contributed by atoms with E-state index in [4.69, 9.17) is 23.7 Å². The molecule has 13 heteroatoms. The smallest absolute Gasteiger partial charge is 0.202 e. The molecule has 0 bridgehead atoms. The van der Waals surface area contributed by atoms with Gasteiger partial charge in [-0.2, -0.15) is 0 Å². The maximum Gasteiger partial charge on any atom is 0.202 e. The summed E-state index contributed by atoms with van der Waals surface area (Å²) < 4.78 is 28.9. The van der Waals surface area contributed by atoms with Crippen LogP contribution in [-0.4, -0.2) is 120 Å². The van der Waals surface area contributed by atoms with Gasteiger partial charge in [0.2, 0.25) is 5.78 Å². The Balaban J connectivity index is 1.35. The minimum Gasteiger partial charge on any atom is -0.507 e. The van der Waals surface area contributed by atoms with E-state index in [1.165, 1.54) is 32.2 Å². The van der Waals surface area contributed by atoms with Crippen LogP contribution < -0.4 is 4.74 Å². The number of phenolic OH excluding ortho intramolecular Hbond substituents is 2. The number of ether oxygens (including phenoxy) is 5. The summed E-state index contributed by atoms with van der Waals surface area (Å²) in [6.45, 7) is 5.40. The third-order valence-corrected chi connectivity index (χ3v) is 11.0. The molecule has 0 aromatic heterocycles. The van der Waals surface area contributed by atoms with Crippen molar-refractivity contribution in [2.24, 2.45) is 5.41 Å². The molecule has 2 aliphatic heterocycles. The van der Waals surface area contributed by atoms with Gasteiger partial charge in [0, 0.05) is 61.6 Å². The quantitative estimate of drug-likeness (QED) is 0.242. The summed E-state index contributed by atoms with van der Waals surface area (Å²) in [5.41, 5.74) is -3.11. The number of hydrogen-bond donors (Lipinski definition) is 4. The molecular formula is C36H45NO12. The number of aliphatic hydroxyl groups is 2. The van der Waals surface area contributed by atoms with E-state index in [1.54, 1.807) is 21.1 Å². The first-order valence-electron chi connectivity index (χ1n) is 16.6. The number of aromatic hydroxyl groups is 2. The van der Waals surface area contributed by atoms with E-state index >= 15 is 0 Å². The van der Waals surface area contributed by atoms with Crippen molar-refractivity contribution in [3.05, 3.63) is 51.6 Å². The van der Waals surface area contributed by atoms with E-state index in [1.807, 2.05) is 0 Å². The Morgan fingerprint density at radius 3 is 2.27 bits per heavy atom. The van der Waals surface area contributed by atoms with Crippen LogP contribution in [0.3, 0.4) is 0 Å². The number of phenols is 2. The number of fused-ring (bicyclic) bond motifs is 3. The molecule has 0 spiro atoms. The lowest BCUT2D eigenvalue weighted by Crippen LogP contribution is -2.58. The van der Waals surface area contributed by atoms with Crippen molar-refractivity contribution in [2.45, 2.75) is 82.2 Å². The number of Topliss-reactive ketones (excluding diaryl/α,β-unsaturated/α-hetero) is 1. The molecule has 4 unspecified atom stereocenters. The van der Waals surface area contributed by atoms with Gasteiger partial charge in [0.1, 0.15) is 22.8 Å². The van der Waals surface area contributed by atoms with Crippen LogP contribution in [-0.2, 0) is 30.2 Å². The van der Waals surface area contributed by atoms with E-state index < -0.39 is 76.6 Å². The van der Waals surface area contributed by atoms with Gasteiger partial charge in [-0.15, -0.1) is 0 Å². The molecule has 0 saturated carbocycles. The summed E-state index contributed by atoms with van der Waals surface area (Å²) >= 11 is 0. The molecule has 4 aliphatic rings. The summed E-state index contributed by atoms with van der Waals surface area (Å²) in [5, 5.41) is 46.2. The van der Waals surface area contributed by atoms with Gasteiger partial charge in [-0.25, -0.2) is 0 Å². The van der Waals surface area contributed by atoms with Crippen molar-refractivity contribution >= 4 is 17.3 Å². The van der Waals surface area contributed by atoms with Crippen LogP contribution in [0.1, 0.15) is 88.6 Å². The van der Waals surface area contributed by atoms with Crippen LogP contribution in [0.4, 0.5) is 0 Å². The van der Waals surface area contributed by atoms with Crippen LogP contribution in [0, 0.1) is 5.41 Å². The number of nitrogens with zero attached hydrogens (tertiary/aromatic N) is 1. The fourth-order valence-electron chi connectivity index (χ4n) is 8.24. The predicted molar refractivity (Wildman–Crippen MR) is 173 cm³/mol. The minimum absolute atomic E-state index is 0.00877. The van der Waals surface area contributed by atoms with Gasteiger partial charge >= 0.3 is 0 Å². The third kappa shape index (κ3) is 5.94. The Morgan fingerprint density at radius 1 is 1.00 bits per heavy atom. The minimum atomic E-state index is -2.02. The number of aliphatic hydroxyl groups excluding tert-OH is 1. The Hall–Kier alpha value is -3.43. The van der Waals surface area contributed by atoms with Gasteiger partial charge in [0.15, 0.2) is 17.9 Å². The lowest BCUT2D eigenvalue weighted by Gasteiger charge is -2.49. The maximum atomic E-state index is 13.9. The first-order valence-corrected chi connectivity index (χ1v) is 16.6. The predicted octanol–water partition coefficient (Wildman–Crippen LogP) is 2.45. The van der Waals surface area contributed by atoms with Crippen LogP contribution in [0.25, 0.3) is 0 Å². The van der Waals surface area contributed by atoms with Crippen molar-refractivity contribution in [1.82, 2.24) is 4.90 Å². The zero-order chi connectivity index (χ0) is 35.4. The van der Waals surface area contributed by atoms with Crippen molar-refractivity contribution in [1.29, 1.82) is 0 Å². The Morgan fingerprint density at radius 2 is 1.65 bits per heavy atom. The van der Waals surface area contributed by atoms with E-state index in [0.717, 1.165) is 12.8 Å². The van der Waals surface area contributed by atoms with E-state index in [-0.39, 0.29) is 52.3 Å². The molecule has 4 N–H and O–H groups in total. The number of ketones is 3.